The van der Waals surface area contributed by atoms with Crippen LogP contribution < -0.4 is 5.32 Å². The van der Waals surface area contributed by atoms with Gasteiger partial charge in [-0.3, -0.25) is 10.1 Å². The van der Waals surface area contributed by atoms with Gasteiger partial charge in [0, 0.05) is 12.1 Å². The summed E-state index contributed by atoms with van der Waals surface area (Å²) in [5, 5.41) is 2.67. The number of amides is 3. The van der Waals surface area contributed by atoms with Crippen LogP contribution in [0.1, 0.15) is 22.8 Å². The van der Waals surface area contributed by atoms with E-state index in [1.807, 2.05) is 6.92 Å². The average Bonchev–Trinajstić information content (AvgIpc) is 2.60. The van der Waals surface area contributed by atoms with Crippen LogP contribution in [0.2, 0.25) is 0 Å². The summed E-state index contributed by atoms with van der Waals surface area (Å²) in [5.41, 5.74) is 1.16. The number of nitrogens with one attached hydrogen (secondary N) is 1. The fourth-order valence-corrected chi connectivity index (χ4v) is 2.88. The van der Waals surface area contributed by atoms with E-state index in [0.29, 0.717) is 5.06 Å². The zero-order valence-corrected chi connectivity index (χ0v) is 14.6. The van der Waals surface area contributed by atoms with E-state index in [0.717, 1.165) is 5.56 Å². The molecule has 0 spiro atoms. The Balaban J connectivity index is 2.09. The van der Waals surface area contributed by atoms with E-state index in [4.69, 9.17) is 4.28 Å². The van der Waals surface area contributed by atoms with Gasteiger partial charge in [-0.05, 0) is 38.1 Å². The Bertz CT molecular complexity index is 848. The lowest BCUT2D eigenvalue weighted by Crippen LogP contribution is -2.43. The third-order valence-electron chi connectivity index (χ3n) is 3.27. The van der Waals surface area contributed by atoms with Crippen molar-refractivity contribution in [3.05, 3.63) is 65.7 Å². The average molecular weight is 362 g/mol. The van der Waals surface area contributed by atoms with Crippen LogP contribution in [-0.4, -0.2) is 32.0 Å². The molecule has 25 heavy (non-hydrogen) atoms. The largest absolute Gasteiger partial charge is 0.349 e. The number of carbonyl (C=O) groups excluding carboxylic acids is 2. The third-order valence-corrected chi connectivity index (χ3v) is 4.49. The molecule has 0 fully saturated rings. The van der Waals surface area contributed by atoms with Crippen LogP contribution >= 0.6 is 0 Å². The Kier molecular flexibility index (Phi) is 5.89. The molecule has 2 aromatic rings. The summed E-state index contributed by atoms with van der Waals surface area (Å²) < 4.78 is 29.3. The molecule has 8 heteroatoms. The second-order valence-electron chi connectivity index (χ2n) is 5.16. The molecule has 0 saturated heterocycles. The maximum absolute atomic E-state index is 12.2. The minimum atomic E-state index is -4.18. The fraction of sp³-hybridized carbons (Fsp3) is 0.176. The highest BCUT2D eigenvalue weighted by atomic mass is 32.2. The number of nitrogens with zero attached hydrogens (tertiary/aromatic N) is 1. The number of hydrogen-bond acceptors (Lipinski definition) is 5. The Morgan fingerprint density at radius 1 is 1.04 bits per heavy atom. The summed E-state index contributed by atoms with van der Waals surface area (Å²) in [4.78, 5) is 24.0. The van der Waals surface area contributed by atoms with Gasteiger partial charge in [-0.15, -0.1) is 4.28 Å². The van der Waals surface area contributed by atoms with Crippen molar-refractivity contribution < 1.29 is 22.3 Å². The van der Waals surface area contributed by atoms with Gasteiger partial charge in [0.15, 0.2) is 0 Å². The van der Waals surface area contributed by atoms with Gasteiger partial charge in [0.2, 0.25) is 0 Å². The van der Waals surface area contributed by atoms with Crippen LogP contribution in [0.25, 0.3) is 0 Å². The van der Waals surface area contributed by atoms with Crippen LogP contribution in [0.15, 0.2) is 59.5 Å². The van der Waals surface area contributed by atoms with Crippen molar-refractivity contribution in [3.63, 3.8) is 0 Å². The van der Waals surface area contributed by atoms with Gasteiger partial charge in [0.25, 0.3) is 5.91 Å². The van der Waals surface area contributed by atoms with Crippen LogP contribution in [0.5, 0.6) is 0 Å². The molecule has 0 bridgehead atoms. The zero-order chi connectivity index (χ0) is 18.4. The van der Waals surface area contributed by atoms with Gasteiger partial charge in [-0.25, -0.2) is 4.79 Å². The monoisotopic (exact) mass is 362 g/mol. The first-order chi connectivity index (χ1) is 11.8. The first-order valence-electron chi connectivity index (χ1n) is 7.52. The molecule has 0 atom stereocenters. The third kappa shape index (κ3) is 4.88. The molecular weight excluding hydrogens is 344 g/mol. The Hall–Kier alpha value is -2.71. The van der Waals surface area contributed by atoms with Crippen LogP contribution in [0.3, 0.4) is 0 Å². The molecule has 0 aromatic heterocycles. The number of aryl methyl sites for hydroxylation is 1. The molecular formula is C17H18N2O5S. The first-order valence-corrected chi connectivity index (χ1v) is 8.93. The molecule has 0 aliphatic carbocycles. The van der Waals surface area contributed by atoms with Crippen molar-refractivity contribution in [2.24, 2.45) is 0 Å². The number of benzene rings is 2. The molecule has 2 rings (SSSR count). The summed E-state index contributed by atoms with van der Waals surface area (Å²) in [7, 11) is -4.18. The van der Waals surface area contributed by atoms with Crippen molar-refractivity contribution in [1.29, 1.82) is 0 Å². The first kappa shape index (κ1) is 18.6. The van der Waals surface area contributed by atoms with E-state index >= 15 is 0 Å². The van der Waals surface area contributed by atoms with E-state index in [9.17, 15) is 18.0 Å². The van der Waals surface area contributed by atoms with E-state index in [-0.39, 0.29) is 17.0 Å². The molecule has 7 nitrogen and oxygen atoms in total. The number of imide groups is 1. The van der Waals surface area contributed by atoms with Gasteiger partial charge in [-0.2, -0.15) is 13.5 Å². The van der Waals surface area contributed by atoms with Gasteiger partial charge < -0.3 is 0 Å². The lowest BCUT2D eigenvalue weighted by atomic mass is 10.2. The standard InChI is InChI=1S/C17H18N2O5S/c1-3-19(17(21)18-16(20)14-7-5-4-6-8-14)24-25(22,23)15-11-9-13(2)10-12-15/h4-12H,3H2,1-2H3,(H,18,20,21). The van der Waals surface area contributed by atoms with Crippen molar-refractivity contribution in [2.75, 3.05) is 6.54 Å². The van der Waals surface area contributed by atoms with Gasteiger partial charge in [0.1, 0.15) is 0 Å². The van der Waals surface area contributed by atoms with Gasteiger partial charge in [0.05, 0.1) is 4.90 Å². The fourth-order valence-electron chi connectivity index (χ4n) is 1.92. The molecule has 2 aromatic carbocycles. The summed E-state index contributed by atoms with van der Waals surface area (Å²) in [6.45, 7) is 3.27. The number of hydrogen-bond donors (Lipinski definition) is 1. The lowest BCUT2D eigenvalue weighted by Gasteiger charge is -2.19. The normalized spacial score (nSPS) is 11.0. The maximum atomic E-state index is 12.2. The number of rotatable bonds is 5. The number of carbonyl (C=O) groups is 2. The minimum absolute atomic E-state index is 0.0704. The van der Waals surface area contributed by atoms with Crippen molar-refractivity contribution in [3.8, 4) is 0 Å². The zero-order valence-electron chi connectivity index (χ0n) is 13.8. The topological polar surface area (TPSA) is 92.8 Å². The molecule has 0 unspecified atom stereocenters. The Morgan fingerprint density at radius 3 is 2.20 bits per heavy atom. The highest BCUT2D eigenvalue weighted by Crippen LogP contribution is 2.15. The predicted octanol–water partition coefficient (Wildman–Crippen LogP) is 2.49. The van der Waals surface area contributed by atoms with Crippen LogP contribution in [0.4, 0.5) is 4.79 Å². The number of hydroxylamine groups is 2. The molecule has 0 aliphatic rings. The van der Waals surface area contributed by atoms with Crippen molar-refractivity contribution in [2.45, 2.75) is 18.7 Å². The second-order valence-corrected chi connectivity index (χ2v) is 6.69. The highest BCUT2D eigenvalue weighted by Gasteiger charge is 2.24. The minimum Gasteiger partial charge on any atom is -0.272 e. The highest BCUT2D eigenvalue weighted by molar-refractivity contribution is 7.86. The predicted molar refractivity (Wildman–Crippen MR) is 91.1 cm³/mol. The van der Waals surface area contributed by atoms with E-state index < -0.39 is 22.1 Å². The summed E-state index contributed by atoms with van der Waals surface area (Å²) >= 11 is 0. The molecule has 0 saturated carbocycles. The van der Waals surface area contributed by atoms with Crippen LogP contribution in [-0.2, 0) is 14.4 Å². The van der Waals surface area contributed by atoms with Crippen molar-refractivity contribution >= 4 is 22.1 Å². The SMILES string of the molecule is CCN(OS(=O)(=O)c1ccc(C)cc1)C(=O)NC(=O)c1ccccc1. The second kappa shape index (κ2) is 7.91. The van der Waals surface area contributed by atoms with E-state index in [1.54, 1.807) is 30.3 Å². The molecule has 1 N–H and O–H groups in total. The quantitative estimate of drug-likeness (QED) is 0.825. The molecule has 0 heterocycles. The molecule has 0 radical (unpaired) electrons. The number of urea groups is 1. The van der Waals surface area contributed by atoms with E-state index in [1.165, 1.54) is 31.2 Å². The van der Waals surface area contributed by atoms with E-state index in [2.05, 4.69) is 5.32 Å². The summed E-state index contributed by atoms with van der Waals surface area (Å²) in [6, 6.07) is 13.1. The molecule has 132 valence electrons. The summed E-state index contributed by atoms with van der Waals surface area (Å²) in [6.07, 6.45) is 0. The Morgan fingerprint density at radius 2 is 1.64 bits per heavy atom. The van der Waals surface area contributed by atoms with Gasteiger partial charge >= 0.3 is 16.1 Å². The van der Waals surface area contributed by atoms with Crippen LogP contribution in [0, 0.1) is 6.92 Å². The summed E-state index contributed by atoms with van der Waals surface area (Å²) in [5.74, 6) is -0.652. The Labute approximate surface area is 146 Å². The van der Waals surface area contributed by atoms with Crippen molar-refractivity contribution in [1.82, 2.24) is 10.4 Å². The molecule has 3 amide bonds. The van der Waals surface area contributed by atoms with Gasteiger partial charge in [-0.1, -0.05) is 35.9 Å². The lowest BCUT2D eigenvalue weighted by molar-refractivity contribution is -0.000984. The molecule has 0 aliphatic heterocycles. The maximum Gasteiger partial charge on any atom is 0.349 e. The smallest absolute Gasteiger partial charge is 0.272 e.